The van der Waals surface area contributed by atoms with Crippen molar-refractivity contribution in [3.05, 3.63) is 34.9 Å². The summed E-state index contributed by atoms with van der Waals surface area (Å²) in [6.45, 7) is 0.966. The summed E-state index contributed by atoms with van der Waals surface area (Å²) < 4.78 is 5.04. The van der Waals surface area contributed by atoms with Crippen molar-refractivity contribution in [2.45, 2.75) is 51.4 Å². The molecule has 0 aliphatic heterocycles. The molecule has 0 radical (unpaired) electrons. The summed E-state index contributed by atoms with van der Waals surface area (Å²) in [7, 11) is 1.57. The lowest BCUT2D eigenvalue weighted by molar-refractivity contribution is -0.145. The van der Waals surface area contributed by atoms with E-state index in [4.69, 9.17) is 16.3 Å². The van der Waals surface area contributed by atoms with Crippen LogP contribution in [0.2, 0.25) is 5.02 Å². The fourth-order valence-electron chi connectivity index (χ4n) is 3.99. The van der Waals surface area contributed by atoms with Gasteiger partial charge >= 0.3 is 5.97 Å². The number of ether oxygens (including phenoxy) is 1. The van der Waals surface area contributed by atoms with E-state index in [1.165, 1.54) is 0 Å². The van der Waals surface area contributed by atoms with E-state index in [9.17, 15) is 14.7 Å². The Bertz CT molecular complexity index is 628. The molecule has 0 unspecified atom stereocenters. The van der Waals surface area contributed by atoms with Gasteiger partial charge in [-0.1, -0.05) is 42.6 Å². The van der Waals surface area contributed by atoms with Crippen molar-refractivity contribution in [3.8, 4) is 0 Å². The summed E-state index contributed by atoms with van der Waals surface area (Å²) in [5.41, 5.74) is 0.524. The number of carboxylic acids is 1. The lowest BCUT2D eigenvalue weighted by Crippen LogP contribution is -2.42. The van der Waals surface area contributed by atoms with Crippen LogP contribution in [0.15, 0.2) is 24.3 Å². The van der Waals surface area contributed by atoms with Crippen LogP contribution < -0.4 is 5.32 Å². The van der Waals surface area contributed by atoms with Crippen molar-refractivity contribution in [2.24, 2.45) is 11.3 Å². The van der Waals surface area contributed by atoms with Gasteiger partial charge in [-0.15, -0.1) is 0 Å². The highest BCUT2D eigenvalue weighted by molar-refractivity contribution is 6.31. The summed E-state index contributed by atoms with van der Waals surface area (Å²) in [6, 6.07) is 7.73. The van der Waals surface area contributed by atoms with Gasteiger partial charge in [0.2, 0.25) is 5.91 Å². The Balaban J connectivity index is 1.89. The minimum absolute atomic E-state index is 0.00262. The van der Waals surface area contributed by atoms with Gasteiger partial charge in [0.1, 0.15) is 0 Å². The van der Waals surface area contributed by atoms with E-state index in [-0.39, 0.29) is 5.91 Å². The van der Waals surface area contributed by atoms with Crippen LogP contribution in [-0.2, 0) is 20.7 Å². The van der Waals surface area contributed by atoms with Gasteiger partial charge in [0, 0.05) is 30.7 Å². The largest absolute Gasteiger partial charge is 0.481 e. The van der Waals surface area contributed by atoms with E-state index in [1.807, 2.05) is 24.3 Å². The monoisotopic (exact) mass is 395 g/mol. The van der Waals surface area contributed by atoms with E-state index >= 15 is 0 Å². The zero-order valence-corrected chi connectivity index (χ0v) is 16.8. The average Bonchev–Trinajstić information content (AvgIpc) is 3.13. The van der Waals surface area contributed by atoms with Crippen LogP contribution in [0.5, 0.6) is 0 Å². The third kappa shape index (κ3) is 6.22. The summed E-state index contributed by atoms with van der Waals surface area (Å²) >= 11 is 6.17. The van der Waals surface area contributed by atoms with Crippen molar-refractivity contribution in [1.82, 2.24) is 5.32 Å². The number of carbonyl (C=O) groups excluding carboxylic acids is 1. The third-order valence-electron chi connectivity index (χ3n) is 5.57. The molecule has 0 aromatic heterocycles. The Morgan fingerprint density at radius 1 is 1.30 bits per heavy atom. The van der Waals surface area contributed by atoms with Crippen LogP contribution >= 0.6 is 11.6 Å². The number of amides is 1. The normalized spacial score (nSPS) is 16.8. The molecule has 0 saturated heterocycles. The molecule has 6 heteroatoms. The fourth-order valence-corrected chi connectivity index (χ4v) is 4.22. The molecule has 2 rings (SSSR count). The Labute approximate surface area is 166 Å². The molecule has 1 aliphatic rings. The quantitative estimate of drug-likeness (QED) is 0.553. The van der Waals surface area contributed by atoms with Crippen LogP contribution in [0.1, 0.15) is 50.5 Å². The fraction of sp³-hybridized carbons (Fsp3) is 0.619. The number of methoxy groups -OCH3 is 1. The highest BCUT2D eigenvalue weighted by Crippen LogP contribution is 2.44. The van der Waals surface area contributed by atoms with E-state index in [0.29, 0.717) is 26.0 Å². The van der Waals surface area contributed by atoms with Crippen molar-refractivity contribution < 1.29 is 19.4 Å². The van der Waals surface area contributed by atoms with Gasteiger partial charge in [-0.2, -0.15) is 0 Å². The minimum Gasteiger partial charge on any atom is -0.481 e. The number of rotatable bonds is 11. The first-order valence-electron chi connectivity index (χ1n) is 9.72. The average molecular weight is 396 g/mol. The van der Waals surface area contributed by atoms with Crippen molar-refractivity contribution in [3.63, 3.8) is 0 Å². The predicted octanol–water partition coefficient (Wildman–Crippen LogP) is 4.08. The van der Waals surface area contributed by atoms with Crippen LogP contribution in [0.3, 0.4) is 0 Å². The van der Waals surface area contributed by atoms with Crippen molar-refractivity contribution >= 4 is 23.5 Å². The molecule has 1 aromatic carbocycles. The molecule has 0 bridgehead atoms. The second-order valence-electron chi connectivity index (χ2n) is 7.46. The van der Waals surface area contributed by atoms with E-state index in [0.717, 1.165) is 49.1 Å². The number of nitrogens with one attached hydrogen (secondary N) is 1. The summed E-state index contributed by atoms with van der Waals surface area (Å²) in [4.78, 5) is 24.5. The smallest absolute Gasteiger partial charge is 0.306 e. The van der Waals surface area contributed by atoms with Gasteiger partial charge in [0.05, 0.1) is 5.92 Å². The molecule has 1 saturated carbocycles. The Kier molecular flexibility index (Phi) is 8.58. The Hall–Kier alpha value is -1.59. The highest BCUT2D eigenvalue weighted by atomic mass is 35.5. The Morgan fingerprint density at radius 2 is 2.00 bits per heavy atom. The van der Waals surface area contributed by atoms with Crippen LogP contribution in [0.4, 0.5) is 0 Å². The maximum Gasteiger partial charge on any atom is 0.306 e. The molecule has 1 aliphatic carbocycles. The van der Waals surface area contributed by atoms with E-state index in [1.54, 1.807) is 7.11 Å². The van der Waals surface area contributed by atoms with Gasteiger partial charge in [-0.25, -0.2) is 0 Å². The van der Waals surface area contributed by atoms with E-state index in [2.05, 4.69) is 5.32 Å². The standard InChI is InChI=1S/C21H30ClNO4/c1-27-14-10-17(19(24)25)15-21(11-4-5-12-21)20(26)23-13-6-8-16-7-2-3-9-18(16)22/h2-3,7,9,17H,4-6,8,10-15H2,1H3,(H,23,26)(H,24,25)/t17-/m1/s1. The maximum atomic E-state index is 12.9. The number of aliphatic carboxylic acids is 1. The number of carbonyl (C=O) groups is 2. The SMILES string of the molecule is COCC[C@H](CC1(C(=O)NCCCc2ccccc2Cl)CCCC1)C(=O)O. The van der Waals surface area contributed by atoms with Crippen LogP contribution in [0.25, 0.3) is 0 Å². The second-order valence-corrected chi connectivity index (χ2v) is 7.87. The number of hydrogen-bond donors (Lipinski definition) is 2. The van der Waals surface area contributed by atoms with Gasteiger partial charge in [0.25, 0.3) is 0 Å². The van der Waals surface area contributed by atoms with Gasteiger partial charge in [-0.3, -0.25) is 9.59 Å². The molecule has 27 heavy (non-hydrogen) atoms. The third-order valence-corrected chi connectivity index (χ3v) is 5.93. The van der Waals surface area contributed by atoms with Crippen molar-refractivity contribution in [2.75, 3.05) is 20.3 Å². The molecule has 1 amide bonds. The summed E-state index contributed by atoms with van der Waals surface area (Å²) in [5, 5.41) is 13.3. The maximum absolute atomic E-state index is 12.9. The Morgan fingerprint density at radius 3 is 2.63 bits per heavy atom. The zero-order chi connectivity index (χ0) is 19.7. The number of benzene rings is 1. The molecule has 1 aromatic rings. The highest BCUT2D eigenvalue weighted by Gasteiger charge is 2.43. The molecule has 2 N–H and O–H groups in total. The van der Waals surface area contributed by atoms with Gasteiger partial charge in [-0.05, 0) is 50.2 Å². The predicted molar refractivity (Wildman–Crippen MR) is 106 cm³/mol. The number of hydrogen-bond acceptors (Lipinski definition) is 3. The molecule has 1 atom stereocenters. The number of aryl methyl sites for hydroxylation is 1. The van der Waals surface area contributed by atoms with Gasteiger partial charge in [0.15, 0.2) is 0 Å². The first-order chi connectivity index (χ1) is 13.0. The molecule has 0 heterocycles. The molecule has 5 nitrogen and oxygen atoms in total. The van der Waals surface area contributed by atoms with Crippen LogP contribution in [-0.4, -0.2) is 37.2 Å². The number of halogens is 1. The van der Waals surface area contributed by atoms with E-state index < -0.39 is 17.3 Å². The molecule has 1 fully saturated rings. The molecular formula is C21H30ClNO4. The first-order valence-corrected chi connectivity index (χ1v) is 10.1. The summed E-state index contributed by atoms with van der Waals surface area (Å²) in [6.07, 6.45) is 5.92. The molecular weight excluding hydrogens is 366 g/mol. The topological polar surface area (TPSA) is 75.6 Å². The zero-order valence-electron chi connectivity index (χ0n) is 16.0. The van der Waals surface area contributed by atoms with Gasteiger partial charge < -0.3 is 15.2 Å². The molecule has 150 valence electrons. The molecule has 0 spiro atoms. The van der Waals surface area contributed by atoms with Crippen LogP contribution in [0, 0.1) is 11.3 Å². The second kappa shape index (κ2) is 10.7. The minimum atomic E-state index is -0.843. The lowest BCUT2D eigenvalue weighted by atomic mass is 9.76. The summed E-state index contributed by atoms with van der Waals surface area (Å²) in [5.74, 6) is -1.38. The first kappa shape index (κ1) is 21.7. The number of carboxylic acid groups (broad SMARTS) is 1. The van der Waals surface area contributed by atoms with Crippen molar-refractivity contribution in [1.29, 1.82) is 0 Å². The lowest BCUT2D eigenvalue weighted by Gasteiger charge is -2.30.